The second kappa shape index (κ2) is 10.6. The summed E-state index contributed by atoms with van der Waals surface area (Å²) in [5.41, 5.74) is 4.67. The van der Waals surface area contributed by atoms with Crippen molar-refractivity contribution in [3.8, 4) is 5.75 Å². The predicted molar refractivity (Wildman–Crippen MR) is 133 cm³/mol. The molecule has 0 spiro atoms. The summed E-state index contributed by atoms with van der Waals surface area (Å²) < 4.78 is 16.7. The van der Waals surface area contributed by atoms with Gasteiger partial charge < -0.3 is 19.5 Å². The highest BCUT2D eigenvalue weighted by Gasteiger charge is 2.41. The van der Waals surface area contributed by atoms with E-state index >= 15 is 0 Å². The minimum absolute atomic E-state index is 0.0391. The average Bonchev–Trinajstić information content (AvgIpc) is 2.83. The van der Waals surface area contributed by atoms with E-state index in [0.717, 1.165) is 27.0 Å². The van der Waals surface area contributed by atoms with E-state index in [1.54, 1.807) is 14.2 Å². The Bertz CT molecular complexity index is 1130. The second-order valence-corrected chi connectivity index (χ2v) is 9.39. The summed E-state index contributed by atoms with van der Waals surface area (Å²) in [6.45, 7) is 2.33. The number of carbonyl (C=O) groups excluding carboxylic acids is 2. The maximum atomic E-state index is 13.6. The highest BCUT2D eigenvalue weighted by atomic mass is 79.9. The SMILES string of the molecule is COCCOC(=O)C1=C(C)NC2=C(C(=O)CC(c3ccc(OC)cc3)C2)C1c1ccc(Br)cc1. The van der Waals surface area contributed by atoms with Crippen molar-refractivity contribution in [3.05, 3.63) is 86.7 Å². The van der Waals surface area contributed by atoms with E-state index in [4.69, 9.17) is 14.2 Å². The summed E-state index contributed by atoms with van der Waals surface area (Å²) in [7, 11) is 3.19. The Balaban J connectivity index is 1.72. The Morgan fingerprint density at radius 1 is 1.00 bits per heavy atom. The molecule has 1 heterocycles. The summed E-state index contributed by atoms with van der Waals surface area (Å²) in [5, 5.41) is 3.38. The quantitative estimate of drug-likeness (QED) is 0.404. The molecule has 178 valence electrons. The Morgan fingerprint density at radius 2 is 1.68 bits per heavy atom. The smallest absolute Gasteiger partial charge is 0.336 e. The largest absolute Gasteiger partial charge is 0.497 e. The minimum atomic E-state index is -0.483. The first kappa shape index (κ1) is 24.2. The molecule has 2 aromatic rings. The highest BCUT2D eigenvalue weighted by Crippen LogP contribution is 2.46. The fourth-order valence-corrected chi connectivity index (χ4v) is 4.97. The Morgan fingerprint density at radius 3 is 2.32 bits per heavy atom. The van der Waals surface area contributed by atoms with Gasteiger partial charge in [-0.1, -0.05) is 40.2 Å². The fraction of sp³-hybridized carbons (Fsp3) is 0.333. The van der Waals surface area contributed by atoms with Gasteiger partial charge in [0, 0.05) is 40.9 Å². The molecule has 0 saturated heterocycles. The third-order valence-corrected chi connectivity index (χ3v) is 6.89. The maximum Gasteiger partial charge on any atom is 0.336 e. The van der Waals surface area contributed by atoms with Crippen molar-refractivity contribution in [1.29, 1.82) is 0 Å². The first-order valence-electron chi connectivity index (χ1n) is 11.2. The van der Waals surface area contributed by atoms with Gasteiger partial charge in [-0.25, -0.2) is 4.79 Å². The lowest BCUT2D eigenvalue weighted by molar-refractivity contribution is -0.140. The lowest BCUT2D eigenvalue weighted by Gasteiger charge is -2.36. The number of nitrogens with one attached hydrogen (secondary N) is 1. The number of benzene rings is 2. The van der Waals surface area contributed by atoms with Gasteiger partial charge in [-0.2, -0.15) is 0 Å². The number of dihydropyridines is 1. The van der Waals surface area contributed by atoms with Gasteiger partial charge in [0.25, 0.3) is 0 Å². The molecule has 7 heteroatoms. The first-order valence-corrected chi connectivity index (χ1v) is 12.0. The van der Waals surface area contributed by atoms with Crippen molar-refractivity contribution in [2.75, 3.05) is 27.4 Å². The molecule has 34 heavy (non-hydrogen) atoms. The normalized spacial score (nSPS) is 20.1. The van der Waals surface area contributed by atoms with Crippen LogP contribution in [0.15, 0.2) is 75.5 Å². The zero-order valence-corrected chi connectivity index (χ0v) is 21.1. The summed E-state index contributed by atoms with van der Waals surface area (Å²) >= 11 is 3.47. The van der Waals surface area contributed by atoms with E-state index in [0.29, 0.717) is 36.3 Å². The van der Waals surface area contributed by atoms with Gasteiger partial charge in [0.15, 0.2) is 5.78 Å². The predicted octanol–water partition coefficient (Wildman–Crippen LogP) is 5.01. The molecule has 1 aliphatic carbocycles. The van der Waals surface area contributed by atoms with Gasteiger partial charge in [-0.15, -0.1) is 0 Å². The van der Waals surface area contributed by atoms with Crippen LogP contribution >= 0.6 is 15.9 Å². The van der Waals surface area contributed by atoms with Crippen molar-refractivity contribution < 1.29 is 23.8 Å². The van der Waals surface area contributed by atoms with Crippen LogP contribution in [0.2, 0.25) is 0 Å². The third-order valence-electron chi connectivity index (χ3n) is 6.36. The van der Waals surface area contributed by atoms with E-state index in [2.05, 4.69) is 21.2 Å². The van der Waals surface area contributed by atoms with Crippen molar-refractivity contribution in [1.82, 2.24) is 5.32 Å². The van der Waals surface area contributed by atoms with Crippen molar-refractivity contribution >= 4 is 27.7 Å². The van der Waals surface area contributed by atoms with Crippen LogP contribution in [0.25, 0.3) is 0 Å². The minimum Gasteiger partial charge on any atom is -0.497 e. The summed E-state index contributed by atoms with van der Waals surface area (Å²) in [6, 6.07) is 15.6. The molecule has 4 rings (SSSR count). The number of Topliss-reactive ketones (excluding diaryl/α,β-unsaturated/α-hetero) is 1. The lowest BCUT2D eigenvalue weighted by atomic mass is 9.72. The molecule has 1 aliphatic heterocycles. The zero-order valence-electron chi connectivity index (χ0n) is 19.5. The number of halogens is 1. The average molecular weight is 526 g/mol. The monoisotopic (exact) mass is 525 g/mol. The Hall–Kier alpha value is -2.90. The van der Waals surface area contributed by atoms with Crippen LogP contribution in [-0.4, -0.2) is 39.2 Å². The molecule has 0 bridgehead atoms. The Kier molecular flexibility index (Phi) is 7.54. The maximum absolute atomic E-state index is 13.6. The summed E-state index contributed by atoms with van der Waals surface area (Å²) in [5.74, 6) is -0.0435. The summed E-state index contributed by atoms with van der Waals surface area (Å²) in [6.07, 6.45) is 1.06. The van der Waals surface area contributed by atoms with Gasteiger partial charge in [0.2, 0.25) is 0 Å². The number of allylic oxidation sites excluding steroid dienone is 3. The molecule has 0 saturated carbocycles. The van der Waals surface area contributed by atoms with Crippen molar-refractivity contribution in [2.24, 2.45) is 0 Å². The number of esters is 1. The van der Waals surface area contributed by atoms with Crippen molar-refractivity contribution in [3.63, 3.8) is 0 Å². The number of hydrogen-bond donors (Lipinski definition) is 1. The number of ketones is 1. The van der Waals surface area contributed by atoms with Crippen LogP contribution in [0.5, 0.6) is 5.75 Å². The van der Waals surface area contributed by atoms with E-state index in [-0.39, 0.29) is 18.3 Å². The van der Waals surface area contributed by atoms with Gasteiger partial charge in [0.05, 0.1) is 19.3 Å². The highest BCUT2D eigenvalue weighted by molar-refractivity contribution is 9.10. The second-order valence-electron chi connectivity index (χ2n) is 8.47. The summed E-state index contributed by atoms with van der Waals surface area (Å²) in [4.78, 5) is 26.7. The van der Waals surface area contributed by atoms with E-state index in [1.807, 2.05) is 55.5 Å². The lowest BCUT2D eigenvalue weighted by Crippen LogP contribution is -2.36. The third kappa shape index (κ3) is 4.95. The van der Waals surface area contributed by atoms with Crippen LogP contribution in [0.3, 0.4) is 0 Å². The molecular formula is C27H28BrNO5. The van der Waals surface area contributed by atoms with E-state index < -0.39 is 11.9 Å². The number of hydrogen-bond acceptors (Lipinski definition) is 6. The fourth-order valence-electron chi connectivity index (χ4n) is 4.71. The van der Waals surface area contributed by atoms with Gasteiger partial charge in [-0.05, 0) is 54.7 Å². The zero-order chi connectivity index (χ0) is 24.2. The van der Waals surface area contributed by atoms with Crippen LogP contribution < -0.4 is 10.1 Å². The molecule has 2 unspecified atom stereocenters. The first-order chi connectivity index (χ1) is 16.4. The van der Waals surface area contributed by atoms with Gasteiger partial charge in [0.1, 0.15) is 12.4 Å². The van der Waals surface area contributed by atoms with Crippen molar-refractivity contribution in [2.45, 2.75) is 31.6 Å². The molecule has 0 radical (unpaired) electrons. The topological polar surface area (TPSA) is 73.9 Å². The number of ether oxygens (including phenoxy) is 3. The molecule has 2 aromatic carbocycles. The van der Waals surface area contributed by atoms with E-state index in [9.17, 15) is 9.59 Å². The number of rotatable bonds is 7. The molecule has 1 N–H and O–H groups in total. The van der Waals surface area contributed by atoms with Crippen LogP contribution in [0.1, 0.15) is 42.7 Å². The van der Waals surface area contributed by atoms with Gasteiger partial charge >= 0.3 is 5.97 Å². The van der Waals surface area contributed by atoms with E-state index in [1.165, 1.54) is 0 Å². The molecule has 0 fully saturated rings. The number of carbonyl (C=O) groups is 2. The molecule has 0 amide bonds. The number of methoxy groups -OCH3 is 2. The van der Waals surface area contributed by atoms with Crippen LogP contribution in [-0.2, 0) is 19.1 Å². The molecular weight excluding hydrogens is 498 g/mol. The standard InChI is InChI=1S/C27H28BrNO5/c1-16-24(27(31)34-13-12-32-2)25(18-4-8-20(28)9-5-18)26-22(29-16)14-19(15-23(26)30)17-6-10-21(33-3)11-7-17/h4-11,19,25,29H,12-15H2,1-3H3. The van der Waals surface area contributed by atoms with Gasteiger partial charge in [-0.3, -0.25) is 4.79 Å². The van der Waals surface area contributed by atoms with Crippen LogP contribution in [0, 0.1) is 0 Å². The Labute approximate surface area is 208 Å². The molecule has 0 aromatic heterocycles. The molecule has 2 aliphatic rings. The van der Waals surface area contributed by atoms with Crippen LogP contribution in [0.4, 0.5) is 0 Å². The molecule has 6 nitrogen and oxygen atoms in total. The molecule has 2 atom stereocenters.